The molecular formula is C20H19NO4. The average Bonchev–Trinajstić information content (AvgIpc) is 3.20. The highest BCUT2D eigenvalue weighted by atomic mass is 16.5. The zero-order chi connectivity index (χ0) is 17.5. The number of amides is 1. The van der Waals surface area contributed by atoms with Crippen molar-refractivity contribution in [2.24, 2.45) is 0 Å². The van der Waals surface area contributed by atoms with Gasteiger partial charge < -0.3 is 19.6 Å². The molecule has 1 atom stereocenters. The van der Waals surface area contributed by atoms with Crippen molar-refractivity contribution in [3.05, 3.63) is 89.9 Å². The topological polar surface area (TPSA) is 71.7 Å². The molecule has 128 valence electrons. The number of nitrogens with one attached hydrogen (secondary N) is 1. The fourth-order valence-electron chi connectivity index (χ4n) is 2.38. The van der Waals surface area contributed by atoms with Crippen LogP contribution in [0, 0.1) is 0 Å². The average molecular weight is 337 g/mol. The largest absolute Gasteiger partial charge is 0.489 e. The molecule has 1 aromatic heterocycles. The first-order valence-corrected chi connectivity index (χ1v) is 7.98. The summed E-state index contributed by atoms with van der Waals surface area (Å²) < 4.78 is 10.9. The van der Waals surface area contributed by atoms with E-state index in [9.17, 15) is 9.90 Å². The molecule has 0 saturated heterocycles. The van der Waals surface area contributed by atoms with Gasteiger partial charge in [0.15, 0.2) is 0 Å². The van der Waals surface area contributed by atoms with Crippen LogP contribution in [0.3, 0.4) is 0 Å². The van der Waals surface area contributed by atoms with Crippen LogP contribution in [0.4, 0.5) is 0 Å². The lowest BCUT2D eigenvalue weighted by molar-refractivity contribution is 0.0907. The molecule has 3 aromatic rings. The second-order valence-electron chi connectivity index (χ2n) is 5.52. The standard InChI is InChI=1S/C20H19NO4/c22-13-18(19-7-4-12-24-19)21-20(23)16-8-10-17(11-9-16)25-14-15-5-2-1-3-6-15/h1-12,18,22H,13-14H2,(H,21,23). The normalized spacial score (nSPS) is 11.7. The second-order valence-corrected chi connectivity index (χ2v) is 5.52. The molecule has 1 amide bonds. The third kappa shape index (κ3) is 4.49. The van der Waals surface area contributed by atoms with Crippen LogP contribution in [0.5, 0.6) is 5.75 Å². The number of aliphatic hydroxyl groups is 1. The summed E-state index contributed by atoms with van der Waals surface area (Å²) in [6, 6.07) is 19.6. The first-order chi connectivity index (χ1) is 12.3. The van der Waals surface area contributed by atoms with Crippen molar-refractivity contribution in [2.75, 3.05) is 6.61 Å². The maximum Gasteiger partial charge on any atom is 0.251 e. The Morgan fingerprint density at radius 2 is 1.80 bits per heavy atom. The van der Waals surface area contributed by atoms with Gasteiger partial charge in [-0.25, -0.2) is 0 Å². The number of aliphatic hydroxyl groups excluding tert-OH is 1. The summed E-state index contributed by atoms with van der Waals surface area (Å²) >= 11 is 0. The maximum atomic E-state index is 12.3. The van der Waals surface area contributed by atoms with Crippen LogP contribution in [-0.2, 0) is 6.61 Å². The second kappa shape index (κ2) is 8.17. The molecule has 1 heterocycles. The molecule has 1 unspecified atom stereocenters. The van der Waals surface area contributed by atoms with E-state index in [1.165, 1.54) is 6.26 Å². The van der Waals surface area contributed by atoms with Gasteiger partial charge >= 0.3 is 0 Å². The van der Waals surface area contributed by atoms with Crippen molar-refractivity contribution >= 4 is 5.91 Å². The van der Waals surface area contributed by atoms with E-state index in [-0.39, 0.29) is 12.5 Å². The number of hydrogen-bond acceptors (Lipinski definition) is 4. The fourth-order valence-corrected chi connectivity index (χ4v) is 2.38. The van der Waals surface area contributed by atoms with Gasteiger partial charge in [0.05, 0.1) is 12.9 Å². The van der Waals surface area contributed by atoms with Gasteiger partial charge in [-0.05, 0) is 42.0 Å². The van der Waals surface area contributed by atoms with Gasteiger partial charge in [-0.15, -0.1) is 0 Å². The fraction of sp³-hybridized carbons (Fsp3) is 0.150. The molecule has 0 radical (unpaired) electrons. The van der Waals surface area contributed by atoms with Gasteiger partial charge in [-0.3, -0.25) is 4.79 Å². The molecule has 0 spiro atoms. The van der Waals surface area contributed by atoms with Gasteiger partial charge in [0, 0.05) is 5.56 Å². The Morgan fingerprint density at radius 1 is 1.04 bits per heavy atom. The smallest absolute Gasteiger partial charge is 0.251 e. The van der Waals surface area contributed by atoms with Crippen molar-refractivity contribution < 1.29 is 19.1 Å². The Kier molecular flexibility index (Phi) is 5.49. The molecule has 5 nitrogen and oxygen atoms in total. The van der Waals surface area contributed by atoms with E-state index in [1.807, 2.05) is 30.3 Å². The molecule has 2 N–H and O–H groups in total. The summed E-state index contributed by atoms with van der Waals surface area (Å²) in [5.74, 6) is 0.911. The van der Waals surface area contributed by atoms with Gasteiger partial charge in [0.1, 0.15) is 24.2 Å². The number of rotatable bonds is 7. The molecule has 0 fully saturated rings. The molecule has 2 aromatic carbocycles. The van der Waals surface area contributed by atoms with Crippen LogP contribution in [0.25, 0.3) is 0 Å². The number of carbonyl (C=O) groups excluding carboxylic acids is 1. The Hall–Kier alpha value is -3.05. The summed E-state index contributed by atoms with van der Waals surface area (Å²) in [7, 11) is 0. The minimum atomic E-state index is -0.573. The minimum absolute atomic E-state index is 0.239. The van der Waals surface area contributed by atoms with Crippen LogP contribution >= 0.6 is 0 Å². The van der Waals surface area contributed by atoms with E-state index >= 15 is 0 Å². The Bertz CT molecular complexity index is 782. The van der Waals surface area contributed by atoms with Gasteiger partial charge in [0.25, 0.3) is 5.91 Å². The summed E-state index contributed by atoms with van der Waals surface area (Å²) in [6.45, 7) is 0.231. The number of benzene rings is 2. The molecule has 0 aliphatic heterocycles. The monoisotopic (exact) mass is 337 g/mol. The van der Waals surface area contributed by atoms with E-state index in [4.69, 9.17) is 9.15 Å². The summed E-state index contributed by atoms with van der Waals surface area (Å²) in [5.41, 5.74) is 1.56. The van der Waals surface area contributed by atoms with Crippen LogP contribution in [0.15, 0.2) is 77.4 Å². The van der Waals surface area contributed by atoms with E-state index in [0.29, 0.717) is 23.7 Å². The molecule has 25 heavy (non-hydrogen) atoms. The molecule has 0 aliphatic rings. The number of furan rings is 1. The van der Waals surface area contributed by atoms with Gasteiger partial charge in [0.2, 0.25) is 0 Å². The molecule has 0 aliphatic carbocycles. The van der Waals surface area contributed by atoms with E-state index in [2.05, 4.69) is 5.32 Å². The quantitative estimate of drug-likeness (QED) is 0.694. The maximum absolute atomic E-state index is 12.3. The zero-order valence-electron chi connectivity index (χ0n) is 13.6. The van der Waals surface area contributed by atoms with E-state index in [1.54, 1.807) is 36.4 Å². The summed E-state index contributed by atoms with van der Waals surface area (Å²) in [4.78, 5) is 12.3. The van der Waals surface area contributed by atoms with E-state index < -0.39 is 6.04 Å². The van der Waals surface area contributed by atoms with Crippen molar-refractivity contribution in [3.63, 3.8) is 0 Å². The predicted molar refractivity (Wildman–Crippen MR) is 93.2 cm³/mol. The zero-order valence-corrected chi connectivity index (χ0v) is 13.6. The lowest BCUT2D eigenvalue weighted by atomic mass is 10.1. The van der Waals surface area contributed by atoms with E-state index in [0.717, 1.165) is 5.56 Å². The SMILES string of the molecule is O=C(NC(CO)c1ccco1)c1ccc(OCc2ccccc2)cc1. The third-order valence-electron chi connectivity index (χ3n) is 3.74. The number of carbonyl (C=O) groups is 1. The highest BCUT2D eigenvalue weighted by Gasteiger charge is 2.17. The van der Waals surface area contributed by atoms with Crippen LogP contribution in [-0.4, -0.2) is 17.6 Å². The molecule has 0 bridgehead atoms. The van der Waals surface area contributed by atoms with Crippen LogP contribution < -0.4 is 10.1 Å². The van der Waals surface area contributed by atoms with Gasteiger partial charge in [-0.1, -0.05) is 30.3 Å². The molecule has 0 saturated carbocycles. The lowest BCUT2D eigenvalue weighted by Crippen LogP contribution is -2.30. The summed E-state index contributed by atoms with van der Waals surface area (Å²) in [5, 5.41) is 12.2. The summed E-state index contributed by atoms with van der Waals surface area (Å²) in [6.07, 6.45) is 1.50. The van der Waals surface area contributed by atoms with Gasteiger partial charge in [-0.2, -0.15) is 0 Å². The van der Waals surface area contributed by atoms with Crippen LogP contribution in [0.2, 0.25) is 0 Å². The molecule has 5 heteroatoms. The number of ether oxygens (including phenoxy) is 1. The minimum Gasteiger partial charge on any atom is -0.489 e. The Balaban J connectivity index is 1.58. The highest BCUT2D eigenvalue weighted by molar-refractivity contribution is 5.94. The van der Waals surface area contributed by atoms with Crippen molar-refractivity contribution in [2.45, 2.75) is 12.6 Å². The third-order valence-corrected chi connectivity index (χ3v) is 3.74. The van der Waals surface area contributed by atoms with Crippen molar-refractivity contribution in [1.29, 1.82) is 0 Å². The van der Waals surface area contributed by atoms with Crippen molar-refractivity contribution in [3.8, 4) is 5.75 Å². The predicted octanol–water partition coefficient (Wildman–Crippen LogP) is 3.32. The molecular weight excluding hydrogens is 318 g/mol. The Labute approximate surface area is 145 Å². The lowest BCUT2D eigenvalue weighted by Gasteiger charge is -2.14. The highest BCUT2D eigenvalue weighted by Crippen LogP contribution is 2.17. The first kappa shape index (κ1) is 16.8. The van der Waals surface area contributed by atoms with Crippen molar-refractivity contribution in [1.82, 2.24) is 5.32 Å². The first-order valence-electron chi connectivity index (χ1n) is 7.98. The van der Waals surface area contributed by atoms with Crippen LogP contribution in [0.1, 0.15) is 27.7 Å². The number of hydrogen-bond donors (Lipinski definition) is 2. The molecule has 3 rings (SSSR count). The Morgan fingerprint density at radius 3 is 2.44 bits per heavy atom.